The molecule has 2 amide bonds. The summed E-state index contributed by atoms with van der Waals surface area (Å²) >= 11 is 0. The second kappa shape index (κ2) is 12.7. The molecule has 4 N–H and O–H groups in total. The van der Waals surface area contributed by atoms with Gasteiger partial charge in [0.05, 0.1) is 12.5 Å². The molecule has 11 unspecified atom stereocenters. The third kappa shape index (κ3) is 6.59. The first-order valence-electron chi connectivity index (χ1n) is 15.1. The van der Waals surface area contributed by atoms with Crippen molar-refractivity contribution in [3.05, 3.63) is 0 Å². The lowest BCUT2D eigenvalue weighted by atomic mass is 9.58. The van der Waals surface area contributed by atoms with Crippen molar-refractivity contribution in [3.63, 3.8) is 0 Å². The van der Waals surface area contributed by atoms with Crippen LogP contribution in [-0.2, 0) is 43.2 Å². The van der Waals surface area contributed by atoms with Gasteiger partial charge in [-0.3, -0.25) is 14.4 Å². The third-order valence-corrected chi connectivity index (χ3v) is 9.31. The van der Waals surface area contributed by atoms with Gasteiger partial charge in [0.15, 0.2) is 17.9 Å². The summed E-state index contributed by atoms with van der Waals surface area (Å²) in [7, 11) is 0. The highest BCUT2D eigenvalue weighted by Crippen LogP contribution is 2.60. The summed E-state index contributed by atoms with van der Waals surface area (Å²) in [5, 5.41) is 23.8. The second-order valence-electron chi connectivity index (χ2n) is 13.1. The van der Waals surface area contributed by atoms with Crippen LogP contribution < -0.4 is 10.6 Å². The van der Waals surface area contributed by atoms with Crippen molar-refractivity contribution in [2.75, 3.05) is 0 Å². The highest BCUT2D eigenvalue weighted by atomic mass is 17.3. The number of carboxylic acid groups (broad SMARTS) is 1. The molecule has 42 heavy (non-hydrogen) atoms. The molecule has 13 heteroatoms. The number of rotatable bonds is 11. The van der Waals surface area contributed by atoms with E-state index in [1.54, 1.807) is 0 Å². The van der Waals surface area contributed by atoms with E-state index in [9.17, 15) is 29.4 Å². The van der Waals surface area contributed by atoms with Gasteiger partial charge >= 0.3 is 11.9 Å². The van der Waals surface area contributed by atoms with Gasteiger partial charge in [0, 0.05) is 24.7 Å². The smallest absolute Gasteiger partial charge is 0.328 e. The van der Waals surface area contributed by atoms with E-state index in [-0.39, 0.29) is 42.9 Å². The first kappa shape index (κ1) is 32.6. The molecule has 1 spiro atoms. The summed E-state index contributed by atoms with van der Waals surface area (Å²) in [6.07, 6.45) is 0.133. The summed E-state index contributed by atoms with van der Waals surface area (Å²) in [6.45, 7) is 10.9. The molecule has 0 aromatic rings. The SMILES string of the molecule is CC(C)CC(NC(=O)CCC(=O)OC1OC2OC3(C)CCC4C(C)CCC(C1C)C24OO3)C(=O)NC(C(=O)O)C(C)O. The average Bonchev–Trinajstić information content (AvgIpc) is 3.13. The highest BCUT2D eigenvalue weighted by Gasteiger charge is 2.69. The zero-order valence-corrected chi connectivity index (χ0v) is 25.3. The maximum Gasteiger partial charge on any atom is 0.328 e. The number of aliphatic hydroxyl groups excluding tert-OH is 1. The molecule has 0 radical (unpaired) electrons. The fourth-order valence-electron chi connectivity index (χ4n) is 7.02. The zero-order valence-electron chi connectivity index (χ0n) is 25.3. The molecule has 13 nitrogen and oxygen atoms in total. The Hall–Kier alpha value is -2.32. The van der Waals surface area contributed by atoms with Crippen molar-refractivity contribution >= 4 is 23.8 Å². The summed E-state index contributed by atoms with van der Waals surface area (Å²) in [4.78, 5) is 61.6. The highest BCUT2D eigenvalue weighted by molar-refractivity contribution is 5.91. The van der Waals surface area contributed by atoms with Crippen LogP contribution in [0.2, 0.25) is 0 Å². The molecule has 1 aliphatic carbocycles. The van der Waals surface area contributed by atoms with Crippen molar-refractivity contribution in [2.45, 2.75) is 129 Å². The molecule has 0 aromatic carbocycles. The number of aliphatic hydroxyl groups is 1. The van der Waals surface area contributed by atoms with Crippen molar-refractivity contribution in [1.82, 2.24) is 10.6 Å². The van der Waals surface area contributed by atoms with Gasteiger partial charge < -0.3 is 35.1 Å². The number of amides is 2. The maximum atomic E-state index is 12.9. The van der Waals surface area contributed by atoms with Crippen molar-refractivity contribution in [3.8, 4) is 0 Å². The van der Waals surface area contributed by atoms with Crippen LogP contribution in [0.3, 0.4) is 0 Å². The molecule has 5 rings (SSSR count). The summed E-state index contributed by atoms with van der Waals surface area (Å²) < 4.78 is 18.3. The predicted molar refractivity (Wildman–Crippen MR) is 145 cm³/mol. The van der Waals surface area contributed by atoms with Crippen LogP contribution in [0.15, 0.2) is 0 Å². The average molecular weight is 599 g/mol. The number of hydrogen-bond acceptors (Lipinski definition) is 10. The number of hydrogen-bond donors (Lipinski definition) is 4. The molecule has 5 aliphatic rings. The number of nitrogens with one attached hydrogen (secondary N) is 2. The van der Waals surface area contributed by atoms with Crippen LogP contribution in [0, 0.1) is 29.6 Å². The Bertz CT molecular complexity index is 1040. The molecule has 2 bridgehead atoms. The third-order valence-electron chi connectivity index (χ3n) is 9.31. The van der Waals surface area contributed by atoms with Crippen LogP contribution in [0.4, 0.5) is 0 Å². The largest absolute Gasteiger partial charge is 0.480 e. The minimum atomic E-state index is -1.52. The first-order chi connectivity index (χ1) is 19.7. The van der Waals surface area contributed by atoms with Gasteiger partial charge in [-0.2, -0.15) is 0 Å². The number of ether oxygens (including phenoxy) is 3. The van der Waals surface area contributed by atoms with Crippen LogP contribution >= 0.6 is 0 Å². The van der Waals surface area contributed by atoms with Gasteiger partial charge in [-0.1, -0.05) is 27.7 Å². The minimum absolute atomic E-state index is 0.00504. The Balaban J connectivity index is 1.35. The Kier molecular flexibility index (Phi) is 9.88. The summed E-state index contributed by atoms with van der Waals surface area (Å²) in [6, 6.07) is -2.56. The monoisotopic (exact) mass is 598 g/mol. The molecular weight excluding hydrogens is 552 g/mol. The lowest BCUT2D eigenvalue weighted by Gasteiger charge is -2.59. The number of fused-ring (bicyclic) bond motifs is 2. The number of carbonyl (C=O) groups excluding carboxylic acids is 3. The van der Waals surface area contributed by atoms with Gasteiger partial charge in [-0.25, -0.2) is 14.6 Å². The Morgan fingerprint density at radius 1 is 1.00 bits per heavy atom. The number of carboxylic acids is 1. The van der Waals surface area contributed by atoms with Crippen LogP contribution in [0.1, 0.15) is 86.5 Å². The summed E-state index contributed by atoms with van der Waals surface area (Å²) in [5.41, 5.74) is -0.782. The van der Waals surface area contributed by atoms with Crippen LogP contribution in [0.25, 0.3) is 0 Å². The van der Waals surface area contributed by atoms with E-state index in [0.717, 1.165) is 19.3 Å². The Labute approximate surface area is 246 Å². The van der Waals surface area contributed by atoms with Gasteiger partial charge in [0.2, 0.25) is 23.9 Å². The van der Waals surface area contributed by atoms with Gasteiger partial charge in [0.25, 0.3) is 0 Å². The van der Waals surface area contributed by atoms with Crippen molar-refractivity contribution in [2.24, 2.45) is 29.6 Å². The normalized spacial score (nSPS) is 37.5. The Morgan fingerprint density at radius 3 is 2.36 bits per heavy atom. The van der Waals surface area contributed by atoms with Crippen molar-refractivity contribution < 1.29 is 53.4 Å². The number of aliphatic carboxylic acids is 1. The topological polar surface area (TPSA) is 179 Å². The van der Waals surface area contributed by atoms with Gasteiger partial charge in [-0.05, 0) is 57.3 Å². The van der Waals surface area contributed by atoms with E-state index in [1.807, 2.05) is 27.7 Å². The number of carbonyl (C=O) groups is 4. The molecule has 1 saturated carbocycles. The molecule has 4 aliphatic heterocycles. The van der Waals surface area contributed by atoms with Crippen LogP contribution in [-0.4, -0.2) is 76.1 Å². The molecule has 4 saturated heterocycles. The fraction of sp³-hybridized carbons (Fsp3) is 0.862. The standard InChI is InChI=1S/C29H46N2O11/c1-14(2)13-20(24(35)31-23(17(5)32)25(36)37)30-21(33)9-10-22(34)38-26-16(4)19-8-7-15(3)18-11-12-28(6)40-27(39-26)29(18,19)42-41-28/h14-20,23,26-27,32H,7-13H2,1-6H3,(H,30,33)(H,31,35)(H,36,37). The predicted octanol–water partition coefficient (Wildman–Crippen LogP) is 2.00. The minimum Gasteiger partial charge on any atom is -0.480 e. The van der Waals surface area contributed by atoms with E-state index in [0.29, 0.717) is 12.3 Å². The lowest BCUT2D eigenvalue weighted by molar-refractivity contribution is -0.576. The zero-order chi connectivity index (χ0) is 31.0. The van der Waals surface area contributed by atoms with E-state index in [1.165, 1.54) is 6.92 Å². The van der Waals surface area contributed by atoms with Crippen molar-refractivity contribution in [1.29, 1.82) is 0 Å². The first-order valence-corrected chi connectivity index (χ1v) is 15.1. The molecule has 0 aromatic heterocycles. The van der Waals surface area contributed by atoms with E-state index >= 15 is 0 Å². The van der Waals surface area contributed by atoms with E-state index < -0.39 is 65.9 Å². The van der Waals surface area contributed by atoms with Gasteiger partial charge in [-0.15, -0.1) is 0 Å². The molecule has 238 valence electrons. The second-order valence-corrected chi connectivity index (χ2v) is 13.1. The fourth-order valence-corrected chi connectivity index (χ4v) is 7.02. The molecular formula is C29H46N2O11. The van der Waals surface area contributed by atoms with Gasteiger partial charge in [0.1, 0.15) is 6.04 Å². The summed E-state index contributed by atoms with van der Waals surface area (Å²) in [5.74, 6) is -3.95. The maximum absolute atomic E-state index is 12.9. The van der Waals surface area contributed by atoms with Crippen LogP contribution in [0.5, 0.6) is 0 Å². The quantitative estimate of drug-likeness (QED) is 0.202. The molecule has 4 heterocycles. The van der Waals surface area contributed by atoms with E-state index in [4.69, 9.17) is 24.0 Å². The number of esters is 1. The molecule has 11 atom stereocenters. The lowest BCUT2D eigenvalue weighted by Crippen LogP contribution is -2.70. The Morgan fingerprint density at radius 2 is 1.71 bits per heavy atom. The molecule has 5 fully saturated rings. The van der Waals surface area contributed by atoms with E-state index in [2.05, 4.69) is 17.6 Å².